The van der Waals surface area contributed by atoms with Crippen molar-refractivity contribution in [3.05, 3.63) is 17.6 Å². The van der Waals surface area contributed by atoms with Gasteiger partial charge in [-0.2, -0.15) is 4.98 Å². The van der Waals surface area contributed by atoms with Crippen molar-refractivity contribution in [2.24, 2.45) is 5.73 Å². The molecule has 0 aliphatic rings. The number of aryl methyl sites for hydroxylation is 1. The van der Waals surface area contributed by atoms with Crippen molar-refractivity contribution in [3.63, 3.8) is 0 Å². The van der Waals surface area contributed by atoms with Crippen molar-refractivity contribution in [1.29, 1.82) is 5.41 Å². The number of nitrogens with one attached hydrogen (secondary N) is 1. The van der Waals surface area contributed by atoms with E-state index in [0.29, 0.717) is 5.88 Å². The fourth-order valence-electron chi connectivity index (χ4n) is 0.765. The Hall–Kier alpha value is -1.65. The van der Waals surface area contributed by atoms with E-state index >= 15 is 0 Å². The Balaban J connectivity index is 3.15. The molecule has 1 heterocycles. The third kappa shape index (κ3) is 1.69. The second kappa shape index (κ2) is 3.17. The molecule has 0 saturated carbocycles. The van der Waals surface area contributed by atoms with Crippen LogP contribution in [0.3, 0.4) is 0 Å². The van der Waals surface area contributed by atoms with Gasteiger partial charge in [0.2, 0.25) is 5.88 Å². The van der Waals surface area contributed by atoms with Crippen molar-refractivity contribution in [3.8, 4) is 5.88 Å². The molecule has 0 aliphatic heterocycles. The molecule has 12 heavy (non-hydrogen) atoms. The van der Waals surface area contributed by atoms with Gasteiger partial charge < -0.3 is 10.5 Å². The second-order valence-corrected chi connectivity index (χ2v) is 2.29. The van der Waals surface area contributed by atoms with E-state index in [1.54, 1.807) is 13.0 Å². The van der Waals surface area contributed by atoms with Gasteiger partial charge in [0, 0.05) is 11.8 Å². The standard InChI is InChI=1S/C7H10N4O/c1-4-3-5(12-2)11-7(10-4)6(8)9/h3H,1-2H3,(H3,8,9). The Morgan fingerprint density at radius 3 is 2.75 bits per heavy atom. The molecule has 0 radical (unpaired) electrons. The highest BCUT2D eigenvalue weighted by atomic mass is 16.5. The van der Waals surface area contributed by atoms with Crippen LogP contribution in [0, 0.1) is 12.3 Å². The number of methoxy groups -OCH3 is 1. The first-order valence-electron chi connectivity index (χ1n) is 3.37. The van der Waals surface area contributed by atoms with Crippen LogP contribution < -0.4 is 10.5 Å². The summed E-state index contributed by atoms with van der Waals surface area (Å²) in [4.78, 5) is 7.81. The molecule has 0 fully saturated rings. The molecule has 1 aromatic heterocycles. The quantitative estimate of drug-likeness (QED) is 0.481. The van der Waals surface area contributed by atoms with Crippen molar-refractivity contribution in [1.82, 2.24) is 9.97 Å². The molecule has 0 aliphatic carbocycles. The van der Waals surface area contributed by atoms with Crippen LogP contribution in [0.2, 0.25) is 0 Å². The zero-order chi connectivity index (χ0) is 9.14. The van der Waals surface area contributed by atoms with Crippen LogP contribution in [0.1, 0.15) is 11.5 Å². The van der Waals surface area contributed by atoms with E-state index in [9.17, 15) is 0 Å². The molecule has 0 atom stereocenters. The second-order valence-electron chi connectivity index (χ2n) is 2.29. The topological polar surface area (TPSA) is 84.9 Å². The molecule has 5 heteroatoms. The third-order valence-electron chi connectivity index (χ3n) is 1.28. The lowest BCUT2D eigenvalue weighted by Crippen LogP contribution is -2.16. The Kier molecular flexibility index (Phi) is 2.23. The molecule has 64 valence electrons. The Morgan fingerprint density at radius 2 is 2.25 bits per heavy atom. The van der Waals surface area contributed by atoms with E-state index < -0.39 is 0 Å². The zero-order valence-corrected chi connectivity index (χ0v) is 6.96. The molecule has 0 saturated heterocycles. The van der Waals surface area contributed by atoms with Gasteiger partial charge in [0.15, 0.2) is 11.7 Å². The van der Waals surface area contributed by atoms with Crippen molar-refractivity contribution < 1.29 is 4.74 Å². The van der Waals surface area contributed by atoms with Gasteiger partial charge in [0.1, 0.15) is 0 Å². The van der Waals surface area contributed by atoms with Crippen LogP contribution in [-0.4, -0.2) is 22.9 Å². The fourth-order valence-corrected chi connectivity index (χ4v) is 0.765. The first kappa shape index (κ1) is 8.45. The van der Waals surface area contributed by atoms with E-state index in [0.717, 1.165) is 5.69 Å². The van der Waals surface area contributed by atoms with Gasteiger partial charge in [-0.05, 0) is 6.92 Å². The van der Waals surface area contributed by atoms with Crippen molar-refractivity contribution in [2.45, 2.75) is 6.92 Å². The number of nitrogens with two attached hydrogens (primary N) is 1. The molecule has 1 rings (SSSR count). The number of amidine groups is 1. The molecular formula is C7H10N4O. The average Bonchev–Trinajstić information content (AvgIpc) is 2.03. The molecule has 0 bridgehead atoms. The summed E-state index contributed by atoms with van der Waals surface area (Å²) < 4.78 is 4.88. The van der Waals surface area contributed by atoms with Gasteiger partial charge in [-0.25, -0.2) is 4.98 Å². The molecule has 0 spiro atoms. The van der Waals surface area contributed by atoms with Crippen molar-refractivity contribution in [2.75, 3.05) is 7.11 Å². The normalized spacial score (nSPS) is 9.50. The van der Waals surface area contributed by atoms with E-state index in [4.69, 9.17) is 15.9 Å². The van der Waals surface area contributed by atoms with Gasteiger partial charge in [0.25, 0.3) is 0 Å². The maximum absolute atomic E-state index is 7.10. The van der Waals surface area contributed by atoms with E-state index in [1.807, 2.05) is 0 Å². The summed E-state index contributed by atoms with van der Waals surface area (Å²) >= 11 is 0. The van der Waals surface area contributed by atoms with Crippen LogP contribution in [0.4, 0.5) is 0 Å². The zero-order valence-electron chi connectivity index (χ0n) is 6.96. The minimum absolute atomic E-state index is 0.156. The van der Waals surface area contributed by atoms with Crippen molar-refractivity contribution >= 4 is 5.84 Å². The molecule has 5 nitrogen and oxygen atoms in total. The van der Waals surface area contributed by atoms with Crippen LogP contribution in [0.25, 0.3) is 0 Å². The lowest BCUT2D eigenvalue weighted by Gasteiger charge is -2.02. The fraction of sp³-hybridized carbons (Fsp3) is 0.286. The smallest absolute Gasteiger partial charge is 0.216 e. The lowest BCUT2D eigenvalue weighted by atomic mass is 10.4. The molecule has 0 amide bonds. The SMILES string of the molecule is COc1cc(C)nc(C(=N)N)n1. The molecule has 1 aromatic rings. The number of hydrogen-bond acceptors (Lipinski definition) is 4. The Morgan fingerprint density at radius 1 is 1.58 bits per heavy atom. The maximum atomic E-state index is 7.10. The first-order valence-corrected chi connectivity index (χ1v) is 3.37. The van der Waals surface area contributed by atoms with E-state index in [2.05, 4.69) is 9.97 Å². The highest BCUT2D eigenvalue weighted by molar-refractivity contribution is 5.91. The van der Waals surface area contributed by atoms with Crippen LogP contribution in [0.5, 0.6) is 5.88 Å². The Bertz CT molecular complexity index is 310. The van der Waals surface area contributed by atoms with E-state index in [1.165, 1.54) is 7.11 Å². The largest absolute Gasteiger partial charge is 0.481 e. The molecule has 0 unspecified atom stereocenters. The predicted molar refractivity (Wildman–Crippen MR) is 44.3 cm³/mol. The number of aromatic nitrogens is 2. The highest BCUT2D eigenvalue weighted by Gasteiger charge is 2.03. The van der Waals surface area contributed by atoms with Crippen LogP contribution >= 0.6 is 0 Å². The molecule has 3 N–H and O–H groups in total. The number of rotatable bonds is 2. The summed E-state index contributed by atoms with van der Waals surface area (Å²) in [5.41, 5.74) is 5.94. The van der Waals surface area contributed by atoms with Crippen LogP contribution in [0.15, 0.2) is 6.07 Å². The summed E-state index contributed by atoms with van der Waals surface area (Å²) in [7, 11) is 1.51. The molecular weight excluding hydrogens is 156 g/mol. The Labute approximate surface area is 70.1 Å². The predicted octanol–water partition coefficient (Wildman–Crippen LogP) is 0.0777. The van der Waals surface area contributed by atoms with Gasteiger partial charge in [-0.3, -0.25) is 5.41 Å². The van der Waals surface area contributed by atoms with Gasteiger partial charge in [0.05, 0.1) is 7.11 Å². The summed E-state index contributed by atoms with van der Waals surface area (Å²) in [5, 5.41) is 7.10. The van der Waals surface area contributed by atoms with Gasteiger partial charge in [-0.1, -0.05) is 0 Å². The summed E-state index contributed by atoms with van der Waals surface area (Å²) in [6.07, 6.45) is 0. The highest BCUT2D eigenvalue weighted by Crippen LogP contribution is 2.06. The summed E-state index contributed by atoms with van der Waals surface area (Å²) in [6.45, 7) is 1.79. The van der Waals surface area contributed by atoms with Gasteiger partial charge in [-0.15, -0.1) is 0 Å². The minimum atomic E-state index is -0.156. The molecule has 0 aromatic carbocycles. The third-order valence-corrected chi connectivity index (χ3v) is 1.28. The number of ether oxygens (including phenoxy) is 1. The summed E-state index contributed by atoms with van der Waals surface area (Å²) in [5.74, 6) is 0.469. The number of hydrogen-bond donors (Lipinski definition) is 2. The van der Waals surface area contributed by atoms with Crippen LogP contribution in [-0.2, 0) is 0 Å². The maximum Gasteiger partial charge on any atom is 0.216 e. The average molecular weight is 166 g/mol. The minimum Gasteiger partial charge on any atom is -0.481 e. The number of nitrogens with zero attached hydrogens (tertiary/aromatic N) is 2. The van der Waals surface area contributed by atoms with E-state index in [-0.39, 0.29) is 11.7 Å². The number of nitrogen functional groups attached to an aromatic ring is 1. The lowest BCUT2D eigenvalue weighted by molar-refractivity contribution is 0.396. The monoisotopic (exact) mass is 166 g/mol. The first-order chi connectivity index (χ1) is 5.63. The summed E-state index contributed by atoms with van der Waals surface area (Å²) in [6, 6.07) is 1.67. The van der Waals surface area contributed by atoms with Gasteiger partial charge >= 0.3 is 0 Å².